The molecule has 2 nitrogen and oxygen atoms in total. The first-order valence-electron chi connectivity index (χ1n) is 4.39. The van der Waals surface area contributed by atoms with Crippen LogP contribution in [0.5, 0.6) is 0 Å². The molecule has 0 spiro atoms. The van der Waals surface area contributed by atoms with Gasteiger partial charge in [-0.2, -0.15) is 5.26 Å². The lowest BCUT2D eigenvalue weighted by Gasteiger charge is -1.99. The fourth-order valence-corrected chi connectivity index (χ4v) is 1.18. The van der Waals surface area contributed by atoms with Gasteiger partial charge in [-0.15, -0.1) is 0 Å². The maximum absolute atomic E-state index is 10.1. The highest BCUT2D eigenvalue weighted by Crippen LogP contribution is 2.12. The summed E-state index contributed by atoms with van der Waals surface area (Å²) in [4.78, 5) is 10.1. The first-order chi connectivity index (χ1) is 6.77. The summed E-state index contributed by atoms with van der Waals surface area (Å²) >= 11 is 0. The van der Waals surface area contributed by atoms with Crippen molar-refractivity contribution in [2.45, 2.75) is 13.3 Å². The summed E-state index contributed by atoms with van der Waals surface area (Å²) < 4.78 is 0. The summed E-state index contributed by atoms with van der Waals surface area (Å²) in [6.07, 6.45) is 4.99. The number of hydrogen-bond donors (Lipinski definition) is 0. The van der Waals surface area contributed by atoms with Gasteiger partial charge in [0, 0.05) is 6.42 Å². The summed E-state index contributed by atoms with van der Waals surface area (Å²) in [5.41, 5.74) is 2.76. The topological polar surface area (TPSA) is 40.9 Å². The molecule has 0 bridgehead atoms. The number of aryl methyl sites for hydroxylation is 1. The van der Waals surface area contributed by atoms with Gasteiger partial charge < -0.3 is 4.79 Å². The smallest absolute Gasteiger partial charge is 0.123 e. The highest BCUT2D eigenvalue weighted by molar-refractivity contribution is 5.60. The first kappa shape index (κ1) is 10.2. The van der Waals surface area contributed by atoms with E-state index in [0.29, 0.717) is 12.0 Å². The fraction of sp³-hybridized carbons (Fsp3) is 0.167. The van der Waals surface area contributed by atoms with Crippen LogP contribution in [0.4, 0.5) is 0 Å². The Morgan fingerprint density at radius 3 is 2.86 bits per heavy atom. The molecule has 0 aliphatic carbocycles. The van der Waals surface area contributed by atoms with Crippen molar-refractivity contribution in [3.63, 3.8) is 0 Å². The van der Waals surface area contributed by atoms with E-state index in [9.17, 15) is 4.79 Å². The van der Waals surface area contributed by atoms with Crippen molar-refractivity contribution in [1.82, 2.24) is 0 Å². The standard InChI is InChI=1S/C12H11NO/c1-10-8-11(9-13)5-6-12(10)4-2-3-7-14/h2,4-8H,3H2,1H3. The lowest BCUT2D eigenvalue weighted by Crippen LogP contribution is -1.82. The van der Waals surface area contributed by atoms with Crippen molar-refractivity contribution in [1.29, 1.82) is 5.26 Å². The second-order valence-electron chi connectivity index (χ2n) is 2.99. The second-order valence-corrected chi connectivity index (χ2v) is 2.99. The molecular weight excluding hydrogens is 174 g/mol. The Kier molecular flexibility index (Phi) is 3.63. The zero-order chi connectivity index (χ0) is 10.4. The third-order valence-corrected chi connectivity index (χ3v) is 1.93. The Morgan fingerprint density at radius 2 is 2.29 bits per heavy atom. The lowest BCUT2D eigenvalue weighted by molar-refractivity contribution is -0.107. The van der Waals surface area contributed by atoms with Gasteiger partial charge in [0.25, 0.3) is 0 Å². The molecule has 0 saturated heterocycles. The normalized spacial score (nSPS) is 10.0. The van der Waals surface area contributed by atoms with Crippen LogP contribution >= 0.6 is 0 Å². The Balaban J connectivity index is 2.90. The van der Waals surface area contributed by atoms with Gasteiger partial charge in [-0.3, -0.25) is 0 Å². The van der Waals surface area contributed by atoms with E-state index in [4.69, 9.17) is 5.26 Å². The number of nitrogens with zero attached hydrogens (tertiary/aromatic N) is 1. The number of rotatable bonds is 3. The molecule has 0 radical (unpaired) electrons. The maximum atomic E-state index is 10.1. The van der Waals surface area contributed by atoms with E-state index in [1.165, 1.54) is 0 Å². The Hall–Kier alpha value is -1.88. The van der Waals surface area contributed by atoms with E-state index in [2.05, 4.69) is 6.07 Å². The number of benzene rings is 1. The highest BCUT2D eigenvalue weighted by Gasteiger charge is 1.95. The second kappa shape index (κ2) is 4.98. The van der Waals surface area contributed by atoms with Crippen LogP contribution in [0.2, 0.25) is 0 Å². The van der Waals surface area contributed by atoms with Crippen LogP contribution in [0.25, 0.3) is 6.08 Å². The molecule has 0 aliphatic rings. The van der Waals surface area contributed by atoms with Crippen molar-refractivity contribution < 1.29 is 4.79 Å². The van der Waals surface area contributed by atoms with Gasteiger partial charge in [0.05, 0.1) is 11.6 Å². The number of hydrogen-bond acceptors (Lipinski definition) is 2. The van der Waals surface area contributed by atoms with Crippen LogP contribution in [-0.4, -0.2) is 6.29 Å². The molecule has 2 heteroatoms. The molecule has 0 heterocycles. The van der Waals surface area contributed by atoms with E-state index >= 15 is 0 Å². The third-order valence-electron chi connectivity index (χ3n) is 1.93. The molecule has 0 aromatic heterocycles. The summed E-state index contributed by atoms with van der Waals surface area (Å²) in [7, 11) is 0. The van der Waals surface area contributed by atoms with Gasteiger partial charge in [0.15, 0.2) is 0 Å². The van der Waals surface area contributed by atoms with Gasteiger partial charge in [-0.1, -0.05) is 18.2 Å². The van der Waals surface area contributed by atoms with Gasteiger partial charge >= 0.3 is 0 Å². The van der Waals surface area contributed by atoms with Gasteiger partial charge in [0.1, 0.15) is 6.29 Å². The minimum atomic E-state index is 0.430. The number of allylic oxidation sites excluding steroid dienone is 1. The molecule has 0 saturated carbocycles. The minimum Gasteiger partial charge on any atom is -0.303 e. The van der Waals surface area contributed by atoms with Gasteiger partial charge in [0.2, 0.25) is 0 Å². The largest absolute Gasteiger partial charge is 0.303 e. The van der Waals surface area contributed by atoms with E-state index in [0.717, 1.165) is 17.4 Å². The summed E-state index contributed by atoms with van der Waals surface area (Å²) in [6.45, 7) is 1.95. The molecule has 1 rings (SSSR count). The molecule has 0 atom stereocenters. The average molecular weight is 185 g/mol. The van der Waals surface area contributed by atoms with E-state index in [1.54, 1.807) is 12.1 Å². The first-order valence-corrected chi connectivity index (χ1v) is 4.39. The van der Waals surface area contributed by atoms with Crippen molar-refractivity contribution in [3.05, 3.63) is 41.0 Å². The molecule has 70 valence electrons. The lowest BCUT2D eigenvalue weighted by atomic mass is 10.1. The van der Waals surface area contributed by atoms with Gasteiger partial charge in [-0.25, -0.2) is 0 Å². The van der Waals surface area contributed by atoms with Crippen LogP contribution in [-0.2, 0) is 4.79 Å². The van der Waals surface area contributed by atoms with Crippen LogP contribution in [0.1, 0.15) is 23.1 Å². The van der Waals surface area contributed by atoms with Crippen molar-refractivity contribution in [2.24, 2.45) is 0 Å². The van der Waals surface area contributed by atoms with Gasteiger partial charge in [-0.05, 0) is 30.2 Å². The SMILES string of the molecule is Cc1cc(C#N)ccc1C=CCC=O. The molecule has 0 aliphatic heterocycles. The summed E-state index contributed by atoms with van der Waals surface area (Å²) in [5, 5.41) is 8.65. The molecule has 0 fully saturated rings. The number of carbonyl (C=O) groups is 1. The zero-order valence-corrected chi connectivity index (χ0v) is 8.03. The Bertz CT molecular complexity index is 399. The molecule has 1 aromatic carbocycles. The van der Waals surface area contributed by atoms with Crippen molar-refractivity contribution in [2.75, 3.05) is 0 Å². The molecule has 14 heavy (non-hydrogen) atoms. The van der Waals surface area contributed by atoms with Crippen molar-refractivity contribution in [3.8, 4) is 6.07 Å². The molecule has 0 unspecified atom stereocenters. The maximum Gasteiger partial charge on any atom is 0.123 e. The molecule has 1 aromatic rings. The van der Waals surface area contributed by atoms with Crippen LogP contribution in [0, 0.1) is 18.3 Å². The molecular formula is C12H11NO. The fourth-order valence-electron chi connectivity index (χ4n) is 1.18. The molecule has 0 amide bonds. The molecule has 0 N–H and O–H groups in total. The Morgan fingerprint density at radius 1 is 1.50 bits per heavy atom. The average Bonchev–Trinajstić information content (AvgIpc) is 2.20. The van der Waals surface area contributed by atoms with Crippen molar-refractivity contribution >= 4 is 12.4 Å². The van der Waals surface area contributed by atoms with Crippen LogP contribution < -0.4 is 0 Å². The monoisotopic (exact) mass is 185 g/mol. The third kappa shape index (κ3) is 2.56. The zero-order valence-electron chi connectivity index (χ0n) is 8.03. The predicted octanol–water partition coefficient (Wildman–Crippen LogP) is 2.47. The van der Waals surface area contributed by atoms with E-state index < -0.39 is 0 Å². The Labute approximate surface area is 83.5 Å². The highest BCUT2D eigenvalue weighted by atomic mass is 16.1. The number of nitriles is 1. The van der Waals surface area contributed by atoms with E-state index in [-0.39, 0.29) is 0 Å². The van der Waals surface area contributed by atoms with E-state index in [1.807, 2.05) is 25.1 Å². The number of aldehydes is 1. The summed E-state index contributed by atoms with van der Waals surface area (Å²) in [5.74, 6) is 0. The van der Waals surface area contributed by atoms with Crippen LogP contribution in [0.15, 0.2) is 24.3 Å². The number of carbonyl (C=O) groups excluding carboxylic acids is 1. The summed E-state index contributed by atoms with van der Waals surface area (Å²) in [6, 6.07) is 7.57. The minimum absolute atomic E-state index is 0.430. The predicted molar refractivity (Wildman–Crippen MR) is 55.6 cm³/mol. The van der Waals surface area contributed by atoms with Crippen LogP contribution in [0.3, 0.4) is 0 Å². The quantitative estimate of drug-likeness (QED) is 0.679.